The molecule has 1 saturated heterocycles. The number of amides is 1. The maximum Gasteiger partial charge on any atom is 0.248 e. The van der Waals surface area contributed by atoms with Gasteiger partial charge in [-0.15, -0.1) is 0 Å². The molecular weight excluding hydrogens is 328 g/mol. The first-order valence-corrected chi connectivity index (χ1v) is 10.0. The Labute approximate surface area is 143 Å². The SMILES string of the molecule is COCC(=O)N1CCC2(CC1)CN(S(C)(=O)=O)Cc1ccccc12. The summed E-state index contributed by atoms with van der Waals surface area (Å²) in [5.74, 6) is -0.00332. The van der Waals surface area contributed by atoms with Gasteiger partial charge in [0.1, 0.15) is 6.61 Å². The van der Waals surface area contributed by atoms with Crippen molar-refractivity contribution in [3.63, 3.8) is 0 Å². The van der Waals surface area contributed by atoms with E-state index in [1.165, 1.54) is 18.9 Å². The Morgan fingerprint density at radius 1 is 1.25 bits per heavy atom. The van der Waals surface area contributed by atoms with E-state index < -0.39 is 10.0 Å². The summed E-state index contributed by atoms with van der Waals surface area (Å²) >= 11 is 0. The summed E-state index contributed by atoms with van der Waals surface area (Å²) in [6.07, 6.45) is 2.81. The van der Waals surface area contributed by atoms with Crippen molar-refractivity contribution in [3.8, 4) is 0 Å². The molecule has 0 N–H and O–H groups in total. The lowest BCUT2D eigenvalue weighted by atomic mass is 9.69. The fraction of sp³-hybridized carbons (Fsp3) is 0.588. The average molecular weight is 352 g/mol. The monoisotopic (exact) mass is 352 g/mol. The number of nitrogens with zero attached hydrogens (tertiary/aromatic N) is 2. The molecule has 0 unspecified atom stereocenters. The highest BCUT2D eigenvalue weighted by molar-refractivity contribution is 7.88. The van der Waals surface area contributed by atoms with E-state index in [1.807, 2.05) is 23.1 Å². The minimum atomic E-state index is -3.25. The third kappa shape index (κ3) is 3.20. The van der Waals surface area contributed by atoms with Crippen molar-refractivity contribution in [2.75, 3.05) is 39.6 Å². The van der Waals surface area contributed by atoms with E-state index in [-0.39, 0.29) is 17.9 Å². The van der Waals surface area contributed by atoms with Crippen molar-refractivity contribution in [1.82, 2.24) is 9.21 Å². The van der Waals surface area contributed by atoms with Gasteiger partial charge in [0.2, 0.25) is 15.9 Å². The van der Waals surface area contributed by atoms with Gasteiger partial charge in [0.05, 0.1) is 6.26 Å². The van der Waals surface area contributed by atoms with Crippen molar-refractivity contribution < 1.29 is 17.9 Å². The lowest BCUT2D eigenvalue weighted by Gasteiger charge is -2.48. The van der Waals surface area contributed by atoms with E-state index in [0.29, 0.717) is 26.2 Å². The summed E-state index contributed by atoms with van der Waals surface area (Å²) < 4.78 is 30.8. The van der Waals surface area contributed by atoms with Crippen molar-refractivity contribution in [3.05, 3.63) is 35.4 Å². The van der Waals surface area contributed by atoms with Gasteiger partial charge < -0.3 is 9.64 Å². The third-order valence-electron chi connectivity index (χ3n) is 5.22. The highest BCUT2D eigenvalue weighted by Gasteiger charge is 2.44. The number of hydrogen-bond donors (Lipinski definition) is 0. The Balaban J connectivity index is 1.88. The standard InChI is InChI=1S/C17H24N2O4S/c1-23-12-16(20)18-9-7-17(8-10-18)13-19(24(2,21)22)11-14-5-3-4-6-15(14)17/h3-6H,7-13H2,1-2H3. The van der Waals surface area contributed by atoms with E-state index in [4.69, 9.17) is 4.74 Å². The molecule has 2 aliphatic rings. The number of benzene rings is 1. The summed E-state index contributed by atoms with van der Waals surface area (Å²) in [4.78, 5) is 13.8. The largest absolute Gasteiger partial charge is 0.375 e. The zero-order chi connectivity index (χ0) is 17.4. The van der Waals surface area contributed by atoms with Crippen LogP contribution in [-0.2, 0) is 31.5 Å². The van der Waals surface area contributed by atoms with Crippen LogP contribution in [0.5, 0.6) is 0 Å². The second-order valence-electron chi connectivity index (χ2n) is 6.78. The molecule has 0 aliphatic carbocycles. The summed E-state index contributed by atoms with van der Waals surface area (Å²) in [5.41, 5.74) is 2.11. The van der Waals surface area contributed by atoms with Gasteiger partial charge in [-0.3, -0.25) is 4.79 Å². The van der Waals surface area contributed by atoms with E-state index in [0.717, 1.165) is 18.4 Å². The van der Waals surface area contributed by atoms with Crippen LogP contribution in [0.1, 0.15) is 24.0 Å². The molecule has 0 saturated carbocycles. The van der Waals surface area contributed by atoms with E-state index in [2.05, 4.69) is 6.07 Å². The molecule has 7 heteroatoms. The van der Waals surface area contributed by atoms with Gasteiger partial charge in [0, 0.05) is 38.7 Å². The molecule has 1 amide bonds. The van der Waals surface area contributed by atoms with E-state index >= 15 is 0 Å². The van der Waals surface area contributed by atoms with Gasteiger partial charge >= 0.3 is 0 Å². The topological polar surface area (TPSA) is 66.9 Å². The molecule has 132 valence electrons. The van der Waals surface area contributed by atoms with Crippen LogP contribution in [0.4, 0.5) is 0 Å². The number of sulfonamides is 1. The Hall–Kier alpha value is -1.44. The number of rotatable bonds is 3. The molecule has 2 heterocycles. The number of carbonyl (C=O) groups excluding carboxylic acids is 1. The van der Waals surface area contributed by atoms with Crippen LogP contribution < -0.4 is 0 Å². The second-order valence-corrected chi connectivity index (χ2v) is 8.76. The van der Waals surface area contributed by atoms with Crippen molar-refractivity contribution in [2.45, 2.75) is 24.8 Å². The molecule has 1 spiro atoms. The highest BCUT2D eigenvalue weighted by Crippen LogP contribution is 2.42. The van der Waals surface area contributed by atoms with Crippen LogP contribution >= 0.6 is 0 Å². The highest BCUT2D eigenvalue weighted by atomic mass is 32.2. The number of likely N-dealkylation sites (tertiary alicyclic amines) is 1. The number of fused-ring (bicyclic) bond motifs is 2. The predicted octanol–water partition coefficient (Wildman–Crippen LogP) is 0.968. The smallest absolute Gasteiger partial charge is 0.248 e. The van der Waals surface area contributed by atoms with Crippen LogP contribution in [0.15, 0.2) is 24.3 Å². The zero-order valence-corrected chi connectivity index (χ0v) is 15.0. The van der Waals surface area contributed by atoms with Crippen LogP contribution in [-0.4, -0.2) is 63.1 Å². The van der Waals surface area contributed by atoms with E-state index in [1.54, 1.807) is 4.31 Å². The van der Waals surface area contributed by atoms with Gasteiger partial charge in [-0.1, -0.05) is 24.3 Å². The lowest BCUT2D eigenvalue weighted by Crippen LogP contribution is -2.54. The molecule has 24 heavy (non-hydrogen) atoms. The van der Waals surface area contributed by atoms with E-state index in [9.17, 15) is 13.2 Å². The Morgan fingerprint density at radius 3 is 2.54 bits per heavy atom. The summed E-state index contributed by atoms with van der Waals surface area (Å²) in [6, 6.07) is 8.09. The molecule has 1 aromatic rings. The van der Waals surface area contributed by atoms with Crippen molar-refractivity contribution in [2.24, 2.45) is 0 Å². The maximum absolute atomic E-state index is 12.1. The molecule has 0 atom stereocenters. The third-order valence-corrected chi connectivity index (χ3v) is 6.42. The number of piperidine rings is 1. The molecule has 0 radical (unpaired) electrons. The van der Waals surface area contributed by atoms with Crippen LogP contribution in [0, 0.1) is 0 Å². The van der Waals surface area contributed by atoms with Gasteiger partial charge in [0.15, 0.2) is 0 Å². The second kappa shape index (κ2) is 6.46. The molecule has 2 aliphatic heterocycles. The van der Waals surface area contributed by atoms with Gasteiger partial charge in [-0.25, -0.2) is 8.42 Å². The summed E-state index contributed by atoms with van der Waals surface area (Å²) in [6.45, 7) is 2.29. The molecule has 0 bridgehead atoms. The summed E-state index contributed by atoms with van der Waals surface area (Å²) in [7, 11) is -1.73. The Kier molecular flexibility index (Phi) is 4.68. The average Bonchev–Trinajstić information content (AvgIpc) is 2.55. The maximum atomic E-state index is 12.1. The molecule has 0 aromatic heterocycles. The Bertz CT molecular complexity index is 724. The first kappa shape index (κ1) is 17.4. The van der Waals surface area contributed by atoms with Gasteiger partial charge in [-0.05, 0) is 24.0 Å². The summed E-state index contributed by atoms with van der Waals surface area (Å²) in [5, 5.41) is 0. The van der Waals surface area contributed by atoms with Crippen LogP contribution in [0.25, 0.3) is 0 Å². The Morgan fingerprint density at radius 2 is 1.92 bits per heavy atom. The first-order valence-electron chi connectivity index (χ1n) is 8.16. The minimum Gasteiger partial charge on any atom is -0.375 e. The number of hydrogen-bond acceptors (Lipinski definition) is 4. The molecular formula is C17H24N2O4S. The number of methoxy groups -OCH3 is 1. The minimum absolute atomic E-state index is 0.00332. The quantitative estimate of drug-likeness (QED) is 0.813. The van der Waals surface area contributed by atoms with Crippen LogP contribution in [0.2, 0.25) is 0 Å². The first-order chi connectivity index (χ1) is 11.4. The lowest BCUT2D eigenvalue weighted by molar-refractivity contribution is -0.136. The fourth-order valence-electron chi connectivity index (χ4n) is 3.91. The van der Waals surface area contributed by atoms with Crippen molar-refractivity contribution >= 4 is 15.9 Å². The molecule has 3 rings (SSSR count). The molecule has 6 nitrogen and oxygen atoms in total. The predicted molar refractivity (Wildman–Crippen MR) is 91.1 cm³/mol. The number of carbonyl (C=O) groups is 1. The van der Waals surface area contributed by atoms with Gasteiger partial charge in [-0.2, -0.15) is 4.31 Å². The molecule has 1 fully saturated rings. The number of ether oxygens (including phenoxy) is 1. The van der Waals surface area contributed by atoms with Gasteiger partial charge in [0.25, 0.3) is 0 Å². The zero-order valence-electron chi connectivity index (χ0n) is 14.2. The van der Waals surface area contributed by atoms with Crippen LogP contribution in [0.3, 0.4) is 0 Å². The fourth-order valence-corrected chi connectivity index (χ4v) is 4.76. The normalized spacial score (nSPS) is 20.8. The van der Waals surface area contributed by atoms with Crippen molar-refractivity contribution in [1.29, 1.82) is 0 Å². The molecule has 1 aromatic carbocycles.